The number of unbranched alkanes of at least 4 members (excludes halogenated alkanes) is 5. The molecule has 458 valence electrons. The highest BCUT2D eigenvalue weighted by Crippen LogP contribution is 2.38. The van der Waals surface area contributed by atoms with Crippen LogP contribution in [-0.2, 0) is 9.59 Å². The molecule has 0 aromatic carbocycles. The summed E-state index contributed by atoms with van der Waals surface area (Å²) in [6.07, 6.45) is 14.0. The molecule has 0 spiro atoms. The van der Waals surface area contributed by atoms with Gasteiger partial charge in [-0.1, -0.05) is 25.7 Å². The fourth-order valence-corrected chi connectivity index (χ4v) is 13.6. The van der Waals surface area contributed by atoms with Gasteiger partial charge in [-0.25, -0.2) is 0 Å². The summed E-state index contributed by atoms with van der Waals surface area (Å²) in [5, 5.41) is 55.9. The number of nitrogens with one attached hydrogen (secondary N) is 6. The van der Waals surface area contributed by atoms with Gasteiger partial charge in [-0.15, -0.1) is 0 Å². The molecule has 4 aliphatic rings. The van der Waals surface area contributed by atoms with E-state index in [1.54, 1.807) is 0 Å². The van der Waals surface area contributed by atoms with E-state index in [2.05, 4.69) is 182 Å². The fraction of sp³-hybridized carbons (Fsp3) is 0.862. The average Bonchev–Trinajstić information content (AvgIpc) is 3.29. The average molecular weight is 1130 g/mol. The smallest absolute Gasteiger partial charge is 0.322 e. The number of carboxylic acids is 2. The van der Waals surface area contributed by atoms with Crippen LogP contribution in [0.2, 0.25) is 0 Å². The molecule has 0 unspecified atom stereocenters. The summed E-state index contributed by atoms with van der Waals surface area (Å²) >= 11 is 0. The third kappa shape index (κ3) is 22.0. The molecule has 2 aromatic heterocycles. The van der Waals surface area contributed by atoms with Crippen molar-refractivity contribution in [3.05, 3.63) is 0 Å². The lowest BCUT2D eigenvalue weighted by Gasteiger charge is -2.49. The van der Waals surface area contributed by atoms with Crippen LogP contribution >= 0.6 is 0 Å². The third-order valence-electron chi connectivity index (χ3n) is 15.7. The van der Waals surface area contributed by atoms with Crippen LogP contribution in [0.15, 0.2) is 0 Å². The Kier molecular flexibility index (Phi) is 23.2. The van der Waals surface area contributed by atoms with Gasteiger partial charge in [0.25, 0.3) is 0 Å². The summed E-state index contributed by atoms with van der Waals surface area (Å²) < 4.78 is 0. The molecule has 0 amide bonds. The standard InChI is InChI=1S/2C25H46N8O2.C8H18O2/c2*1-22(2)11-16(12-23(3,4)30-22)32(9)20-27-19(26-15-18(34)35)28-21(29-20)33(10)17-13-24(5,6)31-25(7,8)14-17;9-7-5-3-1-2-4-6-8-10/h2*16-17,30-31H,11-15H2,1-10H3,(H,34,35)(H,26,27,28,29);9-10H,1-8H2. The van der Waals surface area contributed by atoms with Crippen LogP contribution < -0.4 is 51.5 Å². The Morgan fingerprint density at radius 1 is 0.388 bits per heavy atom. The van der Waals surface area contributed by atoms with Crippen molar-refractivity contribution in [2.24, 2.45) is 0 Å². The van der Waals surface area contributed by atoms with Crippen LogP contribution in [0.5, 0.6) is 0 Å². The summed E-state index contributed by atoms with van der Waals surface area (Å²) in [6, 6.07) is 0.911. The number of rotatable bonds is 21. The Labute approximate surface area is 481 Å². The van der Waals surface area contributed by atoms with E-state index in [1.807, 2.05) is 28.2 Å². The van der Waals surface area contributed by atoms with Gasteiger partial charge < -0.3 is 71.9 Å². The molecule has 10 N–H and O–H groups in total. The van der Waals surface area contributed by atoms with Gasteiger partial charge in [-0.2, -0.15) is 29.9 Å². The van der Waals surface area contributed by atoms with Crippen molar-refractivity contribution in [3.63, 3.8) is 0 Å². The van der Waals surface area contributed by atoms with Gasteiger partial charge in [0.15, 0.2) is 0 Å². The van der Waals surface area contributed by atoms with Crippen molar-refractivity contribution >= 4 is 47.6 Å². The van der Waals surface area contributed by atoms with Gasteiger partial charge in [-0.05, 0) is 175 Å². The summed E-state index contributed by atoms with van der Waals surface area (Å²) in [5.74, 6) is 0.873. The molecule has 4 aliphatic heterocycles. The lowest BCUT2D eigenvalue weighted by atomic mass is 9.79. The minimum absolute atomic E-state index is 0.0238. The van der Waals surface area contributed by atoms with E-state index in [4.69, 9.17) is 20.2 Å². The zero-order chi connectivity index (χ0) is 60.5. The van der Waals surface area contributed by atoms with Crippen molar-refractivity contribution < 1.29 is 30.0 Å². The first-order valence-electron chi connectivity index (χ1n) is 29.4. The van der Waals surface area contributed by atoms with Gasteiger partial charge in [0, 0.05) is 110 Å². The van der Waals surface area contributed by atoms with E-state index in [1.165, 1.54) is 12.8 Å². The zero-order valence-electron chi connectivity index (χ0n) is 53.1. The van der Waals surface area contributed by atoms with Crippen molar-refractivity contribution in [1.29, 1.82) is 0 Å². The Balaban J connectivity index is 0.000000294. The predicted octanol–water partition coefficient (Wildman–Crippen LogP) is 7.03. The van der Waals surface area contributed by atoms with Crippen LogP contribution in [0.1, 0.15) is 201 Å². The number of carboxylic acid groups (broad SMARTS) is 2. The van der Waals surface area contributed by atoms with Gasteiger partial charge in [-0.3, -0.25) is 9.59 Å². The maximum absolute atomic E-state index is 11.2. The van der Waals surface area contributed by atoms with Gasteiger partial charge in [0.05, 0.1) is 0 Å². The van der Waals surface area contributed by atoms with E-state index in [0.29, 0.717) is 37.0 Å². The number of aliphatic hydroxyl groups is 2. The number of carbonyl (C=O) groups is 2. The van der Waals surface area contributed by atoms with Crippen molar-refractivity contribution in [1.82, 2.24) is 51.2 Å². The molecular weight excluding hydrogens is 1020 g/mol. The van der Waals surface area contributed by atoms with E-state index in [-0.39, 0.29) is 93.5 Å². The topological polar surface area (TPSA) is 278 Å². The van der Waals surface area contributed by atoms with Crippen molar-refractivity contribution in [2.75, 3.05) is 84.7 Å². The summed E-state index contributed by atoms with van der Waals surface area (Å²) in [4.78, 5) is 59.3. The summed E-state index contributed by atoms with van der Waals surface area (Å²) in [5.41, 5.74) is -0.191. The van der Waals surface area contributed by atoms with Crippen molar-refractivity contribution in [3.8, 4) is 0 Å². The molecule has 0 saturated carbocycles. The zero-order valence-corrected chi connectivity index (χ0v) is 53.1. The van der Waals surface area contributed by atoms with Crippen LogP contribution in [-0.4, -0.2) is 185 Å². The number of aromatic nitrogens is 6. The number of aliphatic carboxylic acids is 2. The van der Waals surface area contributed by atoms with Crippen molar-refractivity contribution in [2.45, 2.75) is 269 Å². The van der Waals surface area contributed by atoms with E-state index >= 15 is 0 Å². The lowest BCUT2D eigenvalue weighted by Crippen LogP contribution is -2.62. The first-order chi connectivity index (χ1) is 36.7. The summed E-state index contributed by atoms with van der Waals surface area (Å²) in [7, 11) is 8.11. The van der Waals surface area contributed by atoms with Gasteiger partial charge in [0.2, 0.25) is 35.7 Å². The molecule has 22 heteroatoms. The van der Waals surface area contributed by atoms with Crippen LogP contribution in [0.3, 0.4) is 0 Å². The molecule has 6 rings (SSSR count). The maximum atomic E-state index is 11.2. The molecule has 0 radical (unpaired) electrons. The number of aliphatic hydroxyl groups excluding tert-OH is 2. The van der Waals surface area contributed by atoms with E-state index in [9.17, 15) is 19.8 Å². The van der Waals surface area contributed by atoms with Gasteiger partial charge >= 0.3 is 11.9 Å². The second-order valence-corrected chi connectivity index (χ2v) is 28.8. The molecule has 4 saturated heterocycles. The molecule has 0 atom stereocenters. The molecular formula is C58H110N16O6. The number of hydrogen-bond acceptors (Lipinski definition) is 20. The fourth-order valence-electron chi connectivity index (χ4n) is 13.6. The Hall–Kier alpha value is -4.48. The predicted molar refractivity (Wildman–Crippen MR) is 325 cm³/mol. The highest BCUT2D eigenvalue weighted by Gasteiger charge is 2.44. The minimum Gasteiger partial charge on any atom is -0.480 e. The normalized spacial score (nSPS) is 21.8. The molecule has 6 heterocycles. The Morgan fingerprint density at radius 2 is 0.575 bits per heavy atom. The highest BCUT2D eigenvalue weighted by molar-refractivity contribution is 5.72. The monoisotopic (exact) mass is 1130 g/mol. The van der Waals surface area contributed by atoms with E-state index < -0.39 is 11.9 Å². The minimum atomic E-state index is -0.959. The molecule has 4 fully saturated rings. The molecule has 0 bridgehead atoms. The first kappa shape index (κ1) is 68.0. The van der Waals surface area contributed by atoms with Gasteiger partial charge in [0.1, 0.15) is 13.1 Å². The largest absolute Gasteiger partial charge is 0.480 e. The molecule has 0 aliphatic carbocycles. The second kappa shape index (κ2) is 27.3. The second-order valence-electron chi connectivity index (χ2n) is 28.8. The number of nitrogens with zero attached hydrogens (tertiary/aromatic N) is 10. The van der Waals surface area contributed by atoms with Crippen LogP contribution in [0.25, 0.3) is 0 Å². The lowest BCUT2D eigenvalue weighted by molar-refractivity contribution is -0.136. The van der Waals surface area contributed by atoms with Crippen LogP contribution in [0, 0.1) is 0 Å². The molecule has 2 aromatic rings. The number of anilines is 6. The van der Waals surface area contributed by atoms with E-state index in [0.717, 1.165) is 77.0 Å². The highest BCUT2D eigenvalue weighted by atomic mass is 16.4. The molecule has 22 nitrogen and oxygen atoms in total. The Bertz CT molecular complexity index is 1960. The quantitative estimate of drug-likeness (QED) is 0.0562. The first-order valence-corrected chi connectivity index (χ1v) is 29.4. The third-order valence-corrected chi connectivity index (χ3v) is 15.7. The van der Waals surface area contributed by atoms with Crippen LogP contribution in [0.4, 0.5) is 35.7 Å². The number of piperidine rings is 4. The maximum Gasteiger partial charge on any atom is 0.322 e. The molecule has 80 heavy (non-hydrogen) atoms. The SMILES string of the molecule is CN(c1nc(NCC(=O)O)nc(N(C)C2CC(C)(C)NC(C)(C)C2)n1)C1CC(C)(C)NC(C)(C)C1.CN(c1nc(NCC(=O)O)nc(N(C)C2CC(C)(C)NC(C)(C)C2)n1)C1CC(C)(C)NC(C)(C)C1.OCCCCCCCCO. The number of hydrogen-bond donors (Lipinski definition) is 10. The summed E-state index contributed by atoms with van der Waals surface area (Å²) in [6.45, 7) is 35.7. The Morgan fingerprint density at radius 3 is 0.750 bits per heavy atom.